The molecule has 4 rings (SSSR count). The largest absolute Gasteiger partial charge is 0.484 e. The maximum Gasteiger partial charge on any atom is 0.258 e. The summed E-state index contributed by atoms with van der Waals surface area (Å²) in [5.74, 6) is 0.996. The van der Waals surface area contributed by atoms with Gasteiger partial charge < -0.3 is 15.0 Å². The van der Waals surface area contributed by atoms with E-state index in [1.54, 1.807) is 6.33 Å². The number of carbonyl (C=O) groups is 1. The first-order chi connectivity index (χ1) is 12.7. The van der Waals surface area contributed by atoms with Crippen LogP contribution in [0.15, 0.2) is 30.6 Å². The topological polar surface area (TPSA) is 67.3 Å². The van der Waals surface area contributed by atoms with Crippen molar-refractivity contribution >= 4 is 11.7 Å². The number of aryl methyl sites for hydroxylation is 1. The first-order valence-electron chi connectivity index (χ1n) is 8.94. The number of ether oxygens (including phenoxy) is 1. The molecule has 1 saturated heterocycles. The van der Waals surface area contributed by atoms with Crippen LogP contribution in [0.2, 0.25) is 0 Å². The van der Waals surface area contributed by atoms with E-state index in [2.05, 4.69) is 20.2 Å². The van der Waals surface area contributed by atoms with Gasteiger partial charge in [0.25, 0.3) is 5.91 Å². The average molecular weight is 356 g/mol. The van der Waals surface area contributed by atoms with Gasteiger partial charge in [0.1, 0.15) is 23.7 Å². The molecule has 2 heterocycles. The molecule has 26 heavy (non-hydrogen) atoms. The summed E-state index contributed by atoms with van der Waals surface area (Å²) < 4.78 is 18.3. The van der Waals surface area contributed by atoms with Crippen molar-refractivity contribution in [3.8, 4) is 5.75 Å². The van der Waals surface area contributed by atoms with Gasteiger partial charge in [-0.1, -0.05) is 0 Å². The first-order valence-corrected chi connectivity index (χ1v) is 8.94. The maximum absolute atomic E-state index is 12.9. The van der Waals surface area contributed by atoms with Crippen LogP contribution in [0.1, 0.15) is 24.1 Å². The lowest BCUT2D eigenvalue weighted by atomic mass is 10.2. The minimum Gasteiger partial charge on any atom is -0.484 e. The minimum atomic E-state index is -0.330. The van der Waals surface area contributed by atoms with Crippen LogP contribution in [0.3, 0.4) is 0 Å². The van der Waals surface area contributed by atoms with Crippen LogP contribution in [0.5, 0.6) is 5.75 Å². The number of halogens is 1. The highest BCUT2D eigenvalue weighted by Crippen LogP contribution is 2.29. The zero-order chi connectivity index (χ0) is 17.9. The summed E-state index contributed by atoms with van der Waals surface area (Å²) >= 11 is 0. The van der Waals surface area contributed by atoms with Crippen LogP contribution in [-0.2, 0) is 17.6 Å². The molecule has 0 bridgehead atoms. The second kappa shape index (κ2) is 7.27. The number of nitrogens with one attached hydrogen (secondary N) is 1. The normalized spacial score (nSPS) is 18.7. The molecule has 1 aliphatic carbocycles. The van der Waals surface area contributed by atoms with Gasteiger partial charge in [0.2, 0.25) is 0 Å². The second-order valence-corrected chi connectivity index (χ2v) is 6.72. The number of hydrogen-bond acceptors (Lipinski definition) is 5. The third-order valence-corrected chi connectivity index (χ3v) is 4.89. The van der Waals surface area contributed by atoms with E-state index in [0.29, 0.717) is 5.75 Å². The molecule has 1 fully saturated rings. The van der Waals surface area contributed by atoms with Crippen LogP contribution >= 0.6 is 0 Å². The van der Waals surface area contributed by atoms with Crippen molar-refractivity contribution in [1.29, 1.82) is 0 Å². The smallest absolute Gasteiger partial charge is 0.258 e. The molecule has 136 valence electrons. The zero-order valence-corrected chi connectivity index (χ0v) is 14.4. The van der Waals surface area contributed by atoms with E-state index < -0.39 is 0 Å². The van der Waals surface area contributed by atoms with E-state index in [1.807, 2.05) is 0 Å². The average Bonchev–Trinajstić information content (AvgIpc) is 3.30. The fraction of sp³-hybridized carbons (Fsp3) is 0.421. The molecular formula is C19H21FN4O2. The molecule has 2 aromatic rings. The molecule has 1 aliphatic heterocycles. The summed E-state index contributed by atoms with van der Waals surface area (Å²) in [6.07, 6.45) is 5.71. The predicted molar refractivity (Wildman–Crippen MR) is 94.7 cm³/mol. The molecule has 2 aliphatic rings. The Morgan fingerprint density at radius 1 is 1.27 bits per heavy atom. The molecule has 0 radical (unpaired) electrons. The van der Waals surface area contributed by atoms with Crippen LogP contribution in [0.4, 0.5) is 10.2 Å². The van der Waals surface area contributed by atoms with Crippen LogP contribution < -0.4 is 15.0 Å². The van der Waals surface area contributed by atoms with Gasteiger partial charge in [0.15, 0.2) is 6.61 Å². The van der Waals surface area contributed by atoms with Crippen molar-refractivity contribution in [3.05, 3.63) is 47.7 Å². The van der Waals surface area contributed by atoms with E-state index in [0.717, 1.165) is 50.3 Å². The highest BCUT2D eigenvalue weighted by Gasteiger charge is 2.28. The Bertz CT molecular complexity index is 797. The molecule has 0 saturated carbocycles. The lowest BCUT2D eigenvalue weighted by molar-refractivity contribution is -0.123. The van der Waals surface area contributed by atoms with Crippen LogP contribution in [0, 0.1) is 5.82 Å². The van der Waals surface area contributed by atoms with E-state index in [9.17, 15) is 9.18 Å². The van der Waals surface area contributed by atoms with E-state index in [4.69, 9.17) is 4.74 Å². The van der Waals surface area contributed by atoms with Crippen LogP contribution in [0.25, 0.3) is 0 Å². The molecule has 1 aromatic heterocycles. The van der Waals surface area contributed by atoms with Gasteiger partial charge in [0.05, 0.1) is 0 Å². The predicted octanol–water partition coefficient (Wildman–Crippen LogP) is 1.88. The highest BCUT2D eigenvalue weighted by atomic mass is 19.1. The Hall–Kier alpha value is -2.70. The van der Waals surface area contributed by atoms with Gasteiger partial charge in [-0.05, 0) is 49.9 Å². The monoisotopic (exact) mass is 356 g/mol. The molecule has 1 aromatic carbocycles. The second-order valence-electron chi connectivity index (χ2n) is 6.72. The minimum absolute atomic E-state index is 0.0753. The number of benzene rings is 1. The summed E-state index contributed by atoms with van der Waals surface area (Å²) in [5, 5.41) is 3.00. The maximum atomic E-state index is 12.9. The lowest BCUT2D eigenvalue weighted by Crippen LogP contribution is -2.39. The SMILES string of the molecule is O=C(COc1ccc(F)cc1)N[C@@H]1CCN(c2ncnc3c2CCC3)C1. The number of fused-ring (bicyclic) bond motifs is 1. The molecule has 6 nitrogen and oxygen atoms in total. The van der Waals surface area contributed by atoms with Gasteiger partial charge in [-0.25, -0.2) is 14.4 Å². The van der Waals surface area contributed by atoms with Crippen molar-refractivity contribution in [2.75, 3.05) is 24.6 Å². The van der Waals surface area contributed by atoms with E-state index in [-0.39, 0.29) is 24.4 Å². The molecule has 0 unspecified atom stereocenters. The number of nitrogens with zero attached hydrogens (tertiary/aromatic N) is 3. The summed E-state index contributed by atoms with van der Waals surface area (Å²) in [6.45, 7) is 1.53. The molecule has 1 N–H and O–H groups in total. The van der Waals surface area contributed by atoms with E-state index >= 15 is 0 Å². The Morgan fingerprint density at radius 3 is 2.96 bits per heavy atom. The van der Waals surface area contributed by atoms with Crippen molar-refractivity contribution in [2.24, 2.45) is 0 Å². The van der Waals surface area contributed by atoms with Crippen molar-refractivity contribution < 1.29 is 13.9 Å². The standard InChI is InChI=1S/C19H21FN4O2/c20-13-4-6-15(7-5-13)26-11-18(25)23-14-8-9-24(10-14)19-16-2-1-3-17(16)21-12-22-19/h4-7,12,14H,1-3,8-11H2,(H,23,25)/t14-/m1/s1. The molecule has 1 amide bonds. The number of anilines is 1. The molecule has 0 spiro atoms. The number of rotatable bonds is 5. The van der Waals surface area contributed by atoms with Gasteiger partial charge in [-0.3, -0.25) is 4.79 Å². The number of amides is 1. The first kappa shape index (κ1) is 16.8. The van der Waals surface area contributed by atoms with Crippen LogP contribution in [-0.4, -0.2) is 41.6 Å². The van der Waals surface area contributed by atoms with Crippen molar-refractivity contribution in [3.63, 3.8) is 0 Å². The molecule has 1 atom stereocenters. The molecular weight excluding hydrogens is 335 g/mol. The summed E-state index contributed by atoms with van der Waals surface area (Å²) in [5.41, 5.74) is 2.43. The van der Waals surface area contributed by atoms with Crippen molar-refractivity contribution in [2.45, 2.75) is 31.7 Å². The highest BCUT2D eigenvalue weighted by molar-refractivity contribution is 5.78. The van der Waals surface area contributed by atoms with Gasteiger partial charge in [0, 0.05) is 30.4 Å². The van der Waals surface area contributed by atoms with E-state index in [1.165, 1.54) is 29.8 Å². The Labute approximate surface area is 151 Å². The number of aromatic nitrogens is 2. The summed E-state index contributed by atoms with van der Waals surface area (Å²) in [4.78, 5) is 23.2. The summed E-state index contributed by atoms with van der Waals surface area (Å²) in [7, 11) is 0. The van der Waals surface area contributed by atoms with Gasteiger partial charge >= 0.3 is 0 Å². The molecule has 7 heteroatoms. The van der Waals surface area contributed by atoms with Crippen molar-refractivity contribution in [1.82, 2.24) is 15.3 Å². The Morgan fingerprint density at radius 2 is 2.12 bits per heavy atom. The third kappa shape index (κ3) is 3.61. The fourth-order valence-electron chi connectivity index (χ4n) is 3.63. The lowest BCUT2D eigenvalue weighted by Gasteiger charge is -2.20. The van der Waals surface area contributed by atoms with Gasteiger partial charge in [-0.15, -0.1) is 0 Å². The Kier molecular flexibility index (Phi) is 4.69. The quantitative estimate of drug-likeness (QED) is 0.886. The van der Waals surface area contributed by atoms with Gasteiger partial charge in [-0.2, -0.15) is 0 Å². The number of hydrogen-bond donors (Lipinski definition) is 1. The Balaban J connectivity index is 1.30. The summed E-state index contributed by atoms with van der Waals surface area (Å²) in [6, 6.07) is 5.71. The zero-order valence-electron chi connectivity index (χ0n) is 14.4. The number of carbonyl (C=O) groups excluding carboxylic acids is 1. The third-order valence-electron chi connectivity index (χ3n) is 4.89. The fourth-order valence-corrected chi connectivity index (χ4v) is 3.63.